The molecule has 0 aliphatic heterocycles. The highest BCUT2D eigenvalue weighted by Crippen LogP contribution is 2.24. The van der Waals surface area contributed by atoms with Gasteiger partial charge in [-0.1, -0.05) is 0 Å². The minimum absolute atomic E-state index is 0.119. The van der Waals surface area contributed by atoms with Gasteiger partial charge in [-0.2, -0.15) is 0 Å². The molecule has 0 aromatic carbocycles. The van der Waals surface area contributed by atoms with Crippen molar-refractivity contribution in [2.75, 3.05) is 0 Å². The van der Waals surface area contributed by atoms with Crippen molar-refractivity contribution < 1.29 is 4.79 Å². The van der Waals surface area contributed by atoms with E-state index in [2.05, 4.69) is 15.3 Å². The molecule has 0 fully saturated rings. The molecule has 0 radical (unpaired) electrons. The van der Waals surface area contributed by atoms with Crippen LogP contribution < -0.4 is 10.7 Å². The number of aryl methyl sites for hydroxylation is 2. The molecular weight excluding hydrogens is 262 g/mol. The molecule has 1 amide bonds. The topological polar surface area (TPSA) is 74.8 Å². The zero-order valence-corrected chi connectivity index (χ0v) is 11.8. The third-order valence-electron chi connectivity index (χ3n) is 2.75. The van der Waals surface area contributed by atoms with Gasteiger partial charge in [0.05, 0.1) is 16.7 Å². The highest BCUT2D eigenvalue weighted by atomic mass is 32.1. The van der Waals surface area contributed by atoms with Gasteiger partial charge in [0.1, 0.15) is 5.56 Å². The minimum Gasteiger partial charge on any atom is -0.367 e. The quantitative estimate of drug-likeness (QED) is 0.900. The summed E-state index contributed by atoms with van der Waals surface area (Å²) in [6, 6.07) is 1.17. The number of carbonyl (C=O) groups excluding carboxylic acids is 1. The summed E-state index contributed by atoms with van der Waals surface area (Å²) in [7, 11) is 0. The summed E-state index contributed by atoms with van der Waals surface area (Å²) < 4.78 is 0. The monoisotopic (exact) mass is 277 g/mol. The molecular formula is C13H15N3O2S. The molecule has 0 aliphatic carbocycles. The van der Waals surface area contributed by atoms with Crippen LogP contribution >= 0.6 is 11.3 Å². The van der Waals surface area contributed by atoms with Crippen LogP contribution in [-0.2, 0) is 0 Å². The molecule has 0 saturated heterocycles. The number of pyridine rings is 1. The summed E-state index contributed by atoms with van der Waals surface area (Å²) in [6.45, 7) is 5.73. The predicted octanol–water partition coefficient (Wildman–Crippen LogP) is 1.94. The first-order valence-electron chi connectivity index (χ1n) is 5.91. The lowest BCUT2D eigenvalue weighted by Gasteiger charge is -2.12. The smallest absolute Gasteiger partial charge is 0.257 e. The zero-order valence-electron chi connectivity index (χ0n) is 11.0. The normalized spacial score (nSPS) is 12.2. The minimum atomic E-state index is -0.375. The van der Waals surface area contributed by atoms with E-state index < -0.39 is 0 Å². The van der Waals surface area contributed by atoms with E-state index >= 15 is 0 Å². The number of nitrogens with zero attached hydrogens (tertiary/aromatic N) is 1. The summed E-state index contributed by atoms with van der Waals surface area (Å²) >= 11 is 1.55. The molecule has 100 valence electrons. The van der Waals surface area contributed by atoms with E-state index in [1.807, 2.05) is 20.8 Å². The molecule has 1 unspecified atom stereocenters. The van der Waals surface area contributed by atoms with Crippen molar-refractivity contribution in [1.29, 1.82) is 0 Å². The Morgan fingerprint density at radius 3 is 2.79 bits per heavy atom. The number of rotatable bonds is 3. The predicted molar refractivity (Wildman–Crippen MR) is 74.5 cm³/mol. The van der Waals surface area contributed by atoms with Gasteiger partial charge in [-0.3, -0.25) is 9.59 Å². The highest BCUT2D eigenvalue weighted by Gasteiger charge is 2.17. The molecule has 6 heteroatoms. The van der Waals surface area contributed by atoms with Crippen molar-refractivity contribution in [1.82, 2.24) is 15.3 Å². The molecule has 2 aromatic rings. The first kappa shape index (κ1) is 13.5. The number of H-pyrrole nitrogens is 1. The van der Waals surface area contributed by atoms with Gasteiger partial charge >= 0.3 is 0 Å². The molecule has 2 heterocycles. The van der Waals surface area contributed by atoms with Crippen LogP contribution in [0.1, 0.15) is 38.9 Å². The van der Waals surface area contributed by atoms with Gasteiger partial charge in [-0.15, -0.1) is 11.3 Å². The van der Waals surface area contributed by atoms with Crippen LogP contribution in [0.3, 0.4) is 0 Å². The standard InChI is InChI=1S/C13H15N3O2S/c1-7-12(19-9(3)15-7)8(2)16-13(18)10-6-14-5-4-11(10)17/h4-6,8H,1-3H3,(H,14,17)(H,16,18). The number of aromatic amines is 1. The van der Waals surface area contributed by atoms with E-state index in [0.717, 1.165) is 15.6 Å². The van der Waals surface area contributed by atoms with E-state index in [9.17, 15) is 9.59 Å². The number of thiazole rings is 1. The van der Waals surface area contributed by atoms with Gasteiger partial charge < -0.3 is 10.3 Å². The molecule has 19 heavy (non-hydrogen) atoms. The van der Waals surface area contributed by atoms with E-state index in [0.29, 0.717) is 0 Å². The Hall–Kier alpha value is -1.95. The highest BCUT2D eigenvalue weighted by molar-refractivity contribution is 7.11. The Bertz CT molecular complexity index is 660. The van der Waals surface area contributed by atoms with E-state index in [4.69, 9.17) is 0 Å². The fourth-order valence-electron chi connectivity index (χ4n) is 1.88. The molecule has 1 atom stereocenters. The largest absolute Gasteiger partial charge is 0.367 e. The zero-order chi connectivity index (χ0) is 14.0. The fraction of sp³-hybridized carbons (Fsp3) is 0.308. The van der Waals surface area contributed by atoms with Crippen LogP contribution in [0.25, 0.3) is 0 Å². The van der Waals surface area contributed by atoms with Gasteiger partial charge in [0.2, 0.25) is 0 Å². The molecule has 0 bridgehead atoms. The summed E-state index contributed by atoms with van der Waals surface area (Å²) in [5.41, 5.74) is 0.742. The fourth-order valence-corrected chi connectivity index (χ4v) is 2.81. The van der Waals surface area contributed by atoms with E-state index in [1.165, 1.54) is 18.5 Å². The third kappa shape index (κ3) is 2.90. The van der Waals surface area contributed by atoms with Crippen LogP contribution in [-0.4, -0.2) is 15.9 Å². The lowest BCUT2D eigenvalue weighted by Crippen LogP contribution is -2.30. The number of aromatic nitrogens is 2. The van der Waals surface area contributed by atoms with Gasteiger partial charge in [0, 0.05) is 23.3 Å². The van der Waals surface area contributed by atoms with Gasteiger partial charge in [0.15, 0.2) is 5.43 Å². The molecule has 0 saturated carbocycles. The van der Waals surface area contributed by atoms with Crippen molar-refractivity contribution in [3.8, 4) is 0 Å². The Balaban J connectivity index is 2.18. The second-order valence-corrected chi connectivity index (χ2v) is 5.53. The second-order valence-electron chi connectivity index (χ2n) is 4.30. The Labute approximate surface area is 114 Å². The molecule has 2 aromatic heterocycles. The van der Waals surface area contributed by atoms with Gasteiger partial charge in [-0.05, 0) is 20.8 Å². The van der Waals surface area contributed by atoms with Gasteiger partial charge in [0.25, 0.3) is 5.91 Å². The van der Waals surface area contributed by atoms with Crippen LogP contribution in [0, 0.1) is 13.8 Å². The van der Waals surface area contributed by atoms with Crippen LogP contribution in [0.5, 0.6) is 0 Å². The third-order valence-corrected chi connectivity index (χ3v) is 4.00. The number of carbonyl (C=O) groups is 1. The van der Waals surface area contributed by atoms with Crippen LogP contribution in [0.4, 0.5) is 0 Å². The molecule has 5 nitrogen and oxygen atoms in total. The molecule has 2 rings (SSSR count). The lowest BCUT2D eigenvalue weighted by atomic mass is 10.2. The average molecular weight is 277 g/mol. The molecule has 0 spiro atoms. The lowest BCUT2D eigenvalue weighted by molar-refractivity contribution is 0.0939. The molecule has 2 N–H and O–H groups in total. The number of amides is 1. The Kier molecular flexibility index (Phi) is 3.80. The average Bonchev–Trinajstić information content (AvgIpc) is 2.69. The van der Waals surface area contributed by atoms with E-state index in [1.54, 1.807) is 11.3 Å². The van der Waals surface area contributed by atoms with Crippen molar-refractivity contribution >= 4 is 17.2 Å². The first-order valence-corrected chi connectivity index (χ1v) is 6.72. The Morgan fingerprint density at radius 2 is 2.21 bits per heavy atom. The maximum absolute atomic E-state index is 12.0. The summed E-state index contributed by atoms with van der Waals surface area (Å²) in [6.07, 6.45) is 2.91. The first-order chi connectivity index (χ1) is 8.99. The van der Waals surface area contributed by atoms with Crippen molar-refractivity contribution in [3.05, 3.63) is 49.8 Å². The SMILES string of the molecule is Cc1nc(C)c(C(C)NC(=O)c2c[nH]ccc2=O)s1. The van der Waals surface area contributed by atoms with Crippen LogP contribution in [0.15, 0.2) is 23.3 Å². The summed E-state index contributed by atoms with van der Waals surface area (Å²) in [5.74, 6) is -0.375. The second kappa shape index (κ2) is 5.36. The number of hydrogen-bond acceptors (Lipinski definition) is 4. The summed E-state index contributed by atoms with van der Waals surface area (Å²) in [5, 5.41) is 3.78. The number of hydrogen-bond donors (Lipinski definition) is 2. The van der Waals surface area contributed by atoms with Gasteiger partial charge in [-0.25, -0.2) is 4.98 Å². The Morgan fingerprint density at radius 1 is 1.47 bits per heavy atom. The van der Waals surface area contributed by atoms with Crippen LogP contribution in [0.2, 0.25) is 0 Å². The maximum atomic E-state index is 12.0. The van der Waals surface area contributed by atoms with Crippen molar-refractivity contribution in [2.24, 2.45) is 0 Å². The summed E-state index contributed by atoms with van der Waals surface area (Å²) in [4.78, 5) is 31.7. The maximum Gasteiger partial charge on any atom is 0.257 e. The van der Waals surface area contributed by atoms with Crippen molar-refractivity contribution in [3.63, 3.8) is 0 Å². The molecule has 0 aliphatic rings. The van der Waals surface area contributed by atoms with Crippen molar-refractivity contribution in [2.45, 2.75) is 26.8 Å². The number of nitrogens with one attached hydrogen (secondary N) is 2. The van der Waals surface area contributed by atoms with E-state index in [-0.39, 0.29) is 22.9 Å².